The van der Waals surface area contributed by atoms with E-state index in [2.05, 4.69) is 4.98 Å². The Kier molecular flexibility index (Phi) is 2.05. The average molecular weight is 135 g/mol. The first-order valence-corrected chi connectivity index (χ1v) is 2.82. The zero-order valence-corrected chi connectivity index (χ0v) is 5.57. The molecular weight excluding hydrogens is 129 g/mol. The van der Waals surface area contributed by atoms with Crippen molar-refractivity contribution in [3.63, 3.8) is 0 Å². The highest BCUT2D eigenvalue weighted by Gasteiger charge is 1.97. The maximum atomic E-state index is 10.2. The highest BCUT2D eigenvalue weighted by molar-refractivity contribution is 6.00. The highest BCUT2D eigenvalue weighted by Crippen LogP contribution is 2.10. The van der Waals surface area contributed by atoms with Crippen LogP contribution in [0.2, 0.25) is 0 Å². The molecule has 0 spiro atoms. The van der Waals surface area contributed by atoms with Gasteiger partial charge < -0.3 is 4.65 Å². The van der Waals surface area contributed by atoms with Gasteiger partial charge in [0.2, 0.25) is 0 Å². The van der Waals surface area contributed by atoms with Crippen LogP contribution in [0.4, 0.5) is 0 Å². The van der Waals surface area contributed by atoms with Crippen LogP contribution in [0.5, 0.6) is 5.75 Å². The molecule has 0 aliphatic carbocycles. The third-order valence-electron chi connectivity index (χ3n) is 1.13. The van der Waals surface area contributed by atoms with E-state index in [1.807, 2.05) is 0 Å². The first-order chi connectivity index (χ1) is 4.88. The van der Waals surface area contributed by atoms with Crippen LogP contribution in [0.25, 0.3) is 0 Å². The summed E-state index contributed by atoms with van der Waals surface area (Å²) in [5.74, 6) is 0.512. The van der Waals surface area contributed by atoms with E-state index in [-0.39, 0.29) is 0 Å². The summed E-state index contributed by atoms with van der Waals surface area (Å²) < 4.78 is 4.84. The summed E-state index contributed by atoms with van der Waals surface area (Å²) in [6, 6.07) is 3.41. The summed E-state index contributed by atoms with van der Waals surface area (Å²) in [7, 11) is 1.50. The van der Waals surface area contributed by atoms with Crippen LogP contribution in [0.3, 0.4) is 0 Å². The molecule has 0 aromatic carbocycles. The normalized spacial score (nSPS) is 8.80. The molecule has 0 saturated heterocycles. The standard InChI is InChI=1S/C6H6BNO2/c7-10-6-2-1-3-8-5(6)4-9/h1-4H,7H2. The molecule has 0 bridgehead atoms. The van der Waals surface area contributed by atoms with E-state index in [4.69, 9.17) is 4.65 Å². The molecular formula is C6H6BNO2. The molecule has 3 nitrogen and oxygen atoms in total. The van der Waals surface area contributed by atoms with E-state index < -0.39 is 0 Å². The van der Waals surface area contributed by atoms with Crippen LogP contribution in [0.15, 0.2) is 18.3 Å². The number of aromatic nitrogens is 1. The van der Waals surface area contributed by atoms with Crippen LogP contribution in [0.1, 0.15) is 10.5 Å². The predicted molar refractivity (Wildman–Crippen MR) is 38.8 cm³/mol. The minimum Gasteiger partial charge on any atom is -0.566 e. The van der Waals surface area contributed by atoms with E-state index in [1.165, 1.54) is 8.05 Å². The molecule has 0 unspecified atom stereocenters. The van der Waals surface area contributed by atoms with Crippen molar-refractivity contribution in [2.24, 2.45) is 0 Å². The van der Waals surface area contributed by atoms with Gasteiger partial charge in [-0.25, -0.2) is 4.98 Å². The van der Waals surface area contributed by atoms with Crippen molar-refractivity contribution in [1.82, 2.24) is 4.98 Å². The molecule has 1 rings (SSSR count). The Balaban J connectivity index is 3.08. The van der Waals surface area contributed by atoms with Crippen molar-refractivity contribution >= 4 is 14.3 Å². The summed E-state index contributed by atoms with van der Waals surface area (Å²) >= 11 is 0. The number of rotatable bonds is 2. The molecule has 0 fully saturated rings. The average Bonchev–Trinajstić information content (AvgIpc) is 2.04. The zero-order valence-electron chi connectivity index (χ0n) is 5.57. The summed E-state index contributed by atoms with van der Waals surface area (Å²) in [5, 5.41) is 0. The van der Waals surface area contributed by atoms with E-state index in [0.29, 0.717) is 17.7 Å². The Morgan fingerprint density at radius 2 is 2.50 bits per heavy atom. The Morgan fingerprint density at radius 3 is 3.00 bits per heavy atom. The summed E-state index contributed by atoms with van der Waals surface area (Å²) in [6.07, 6.45) is 2.21. The fourth-order valence-electron chi connectivity index (χ4n) is 0.664. The van der Waals surface area contributed by atoms with Crippen molar-refractivity contribution < 1.29 is 9.45 Å². The summed E-state index contributed by atoms with van der Waals surface area (Å²) in [6.45, 7) is 0. The summed E-state index contributed by atoms with van der Waals surface area (Å²) in [4.78, 5) is 14.0. The monoisotopic (exact) mass is 135 g/mol. The molecule has 1 heterocycles. The fraction of sp³-hybridized carbons (Fsp3) is 0. The number of nitrogens with zero attached hydrogens (tertiary/aromatic N) is 1. The first kappa shape index (κ1) is 6.80. The minimum absolute atomic E-state index is 0.338. The van der Waals surface area contributed by atoms with Gasteiger partial charge in [0.05, 0.1) is 0 Å². The van der Waals surface area contributed by atoms with Gasteiger partial charge in [-0.05, 0) is 12.1 Å². The number of hydrogen-bond acceptors (Lipinski definition) is 3. The van der Waals surface area contributed by atoms with Gasteiger partial charge in [0.1, 0.15) is 11.4 Å². The highest BCUT2D eigenvalue weighted by atomic mass is 16.4. The van der Waals surface area contributed by atoms with Crippen molar-refractivity contribution in [3.8, 4) is 5.75 Å². The van der Waals surface area contributed by atoms with Gasteiger partial charge in [0.15, 0.2) is 6.29 Å². The number of aldehydes is 1. The molecule has 0 aliphatic heterocycles. The van der Waals surface area contributed by atoms with Crippen LogP contribution in [-0.4, -0.2) is 19.3 Å². The van der Waals surface area contributed by atoms with Gasteiger partial charge in [-0.2, -0.15) is 0 Å². The third-order valence-corrected chi connectivity index (χ3v) is 1.13. The van der Waals surface area contributed by atoms with Crippen molar-refractivity contribution in [2.75, 3.05) is 0 Å². The molecule has 10 heavy (non-hydrogen) atoms. The molecule has 0 saturated carbocycles. The van der Waals surface area contributed by atoms with E-state index in [0.717, 1.165) is 0 Å². The van der Waals surface area contributed by atoms with Crippen LogP contribution in [-0.2, 0) is 0 Å². The quantitative estimate of drug-likeness (QED) is 0.417. The lowest BCUT2D eigenvalue weighted by Gasteiger charge is -1.99. The second-order valence-corrected chi connectivity index (χ2v) is 1.71. The lowest BCUT2D eigenvalue weighted by molar-refractivity contribution is 0.111. The molecule has 0 atom stereocenters. The van der Waals surface area contributed by atoms with E-state index in [9.17, 15) is 4.79 Å². The minimum atomic E-state index is 0.338. The molecule has 0 amide bonds. The van der Waals surface area contributed by atoms with Gasteiger partial charge in [-0.15, -0.1) is 0 Å². The first-order valence-electron chi connectivity index (χ1n) is 2.82. The number of hydrogen-bond donors (Lipinski definition) is 0. The Labute approximate surface area is 59.5 Å². The number of pyridine rings is 1. The molecule has 50 valence electrons. The molecule has 1 aromatic heterocycles. The molecule has 4 heteroatoms. The predicted octanol–water partition coefficient (Wildman–Crippen LogP) is -0.179. The number of carbonyl (C=O) groups is 1. The van der Waals surface area contributed by atoms with Gasteiger partial charge in [-0.3, -0.25) is 4.79 Å². The van der Waals surface area contributed by atoms with E-state index >= 15 is 0 Å². The van der Waals surface area contributed by atoms with Crippen molar-refractivity contribution in [2.45, 2.75) is 0 Å². The molecule has 0 N–H and O–H groups in total. The Hall–Kier alpha value is -1.32. The van der Waals surface area contributed by atoms with Crippen LogP contribution in [0, 0.1) is 0 Å². The van der Waals surface area contributed by atoms with Crippen molar-refractivity contribution in [1.29, 1.82) is 0 Å². The fourth-order valence-corrected chi connectivity index (χ4v) is 0.664. The lowest BCUT2D eigenvalue weighted by Crippen LogP contribution is -1.93. The maximum Gasteiger partial charge on any atom is 0.322 e. The molecule has 0 aliphatic rings. The molecule has 1 aromatic rings. The smallest absolute Gasteiger partial charge is 0.322 e. The largest absolute Gasteiger partial charge is 0.566 e. The Morgan fingerprint density at radius 1 is 1.70 bits per heavy atom. The van der Waals surface area contributed by atoms with Gasteiger partial charge in [0.25, 0.3) is 0 Å². The van der Waals surface area contributed by atoms with Gasteiger partial charge in [0, 0.05) is 6.20 Å². The maximum absolute atomic E-state index is 10.2. The SMILES string of the molecule is BOc1cccnc1C=O. The van der Waals surface area contributed by atoms with Gasteiger partial charge in [-0.1, -0.05) is 0 Å². The van der Waals surface area contributed by atoms with Crippen molar-refractivity contribution in [3.05, 3.63) is 24.0 Å². The molecule has 0 radical (unpaired) electrons. The van der Waals surface area contributed by atoms with E-state index in [1.54, 1.807) is 18.3 Å². The second kappa shape index (κ2) is 3.01. The third kappa shape index (κ3) is 1.15. The number of carbonyl (C=O) groups excluding carboxylic acids is 1. The van der Waals surface area contributed by atoms with Gasteiger partial charge >= 0.3 is 8.05 Å². The topological polar surface area (TPSA) is 39.2 Å². The summed E-state index contributed by atoms with van der Waals surface area (Å²) in [5.41, 5.74) is 0.338. The van der Waals surface area contributed by atoms with Crippen LogP contribution < -0.4 is 4.65 Å². The zero-order chi connectivity index (χ0) is 7.40. The lowest BCUT2D eigenvalue weighted by atomic mass is 10.3. The Bertz CT molecular complexity index is 239. The van der Waals surface area contributed by atoms with Crippen LogP contribution >= 0.6 is 0 Å². The second-order valence-electron chi connectivity index (χ2n) is 1.71.